The van der Waals surface area contributed by atoms with Crippen molar-refractivity contribution in [1.29, 1.82) is 0 Å². The second kappa shape index (κ2) is 3.40. The topological polar surface area (TPSA) is 17.0 Å². The lowest BCUT2D eigenvalue weighted by molar-refractivity contribution is 1.05. The van der Waals surface area contributed by atoms with Crippen molar-refractivity contribution in [3.63, 3.8) is 0 Å². The highest BCUT2D eigenvalue weighted by atomic mass is 32.1. The van der Waals surface area contributed by atoms with E-state index in [1.54, 1.807) is 0 Å². The van der Waals surface area contributed by atoms with Crippen molar-refractivity contribution in [1.82, 2.24) is 4.68 Å². The van der Waals surface area contributed by atoms with E-state index in [0.717, 1.165) is 5.52 Å². The number of thiol groups is 1. The minimum absolute atomic E-state index is 0.460. The van der Waals surface area contributed by atoms with Crippen LogP contribution in [0.3, 0.4) is 0 Å². The number of hydrogen-bond donors (Lipinski definition) is 2. The van der Waals surface area contributed by atoms with E-state index in [4.69, 9.17) is 12.2 Å². The molecular formula is C9H8N2S2. The standard InChI is InChI=1S/C9H8N2S2/c12-9(13)10-11-6-5-7-3-1-2-4-8(7)11/h1-6H,(H2,10,12,13). The van der Waals surface area contributed by atoms with E-state index in [0.29, 0.717) is 4.32 Å². The Labute approximate surface area is 86.9 Å². The highest BCUT2D eigenvalue weighted by Gasteiger charge is 1.98. The molecule has 0 spiro atoms. The zero-order chi connectivity index (χ0) is 9.26. The molecule has 0 aliphatic rings. The molecule has 0 radical (unpaired) electrons. The van der Waals surface area contributed by atoms with Crippen LogP contribution in [0.15, 0.2) is 36.5 Å². The average molecular weight is 208 g/mol. The molecule has 0 saturated heterocycles. The third kappa shape index (κ3) is 1.68. The van der Waals surface area contributed by atoms with Crippen LogP contribution in [0.1, 0.15) is 0 Å². The van der Waals surface area contributed by atoms with Crippen LogP contribution in [0.5, 0.6) is 0 Å². The van der Waals surface area contributed by atoms with Crippen molar-refractivity contribution in [2.24, 2.45) is 0 Å². The number of aromatic nitrogens is 1. The predicted molar refractivity (Wildman–Crippen MR) is 62.9 cm³/mol. The molecule has 2 rings (SSSR count). The van der Waals surface area contributed by atoms with Crippen LogP contribution in [0.4, 0.5) is 0 Å². The van der Waals surface area contributed by atoms with Crippen LogP contribution >= 0.6 is 24.8 Å². The Morgan fingerprint density at radius 2 is 2.08 bits per heavy atom. The monoisotopic (exact) mass is 208 g/mol. The Balaban J connectivity index is 2.51. The fraction of sp³-hybridized carbons (Fsp3) is 0. The summed E-state index contributed by atoms with van der Waals surface area (Å²) in [6, 6.07) is 10.1. The van der Waals surface area contributed by atoms with E-state index in [1.165, 1.54) is 5.39 Å². The van der Waals surface area contributed by atoms with Crippen molar-refractivity contribution in [2.45, 2.75) is 0 Å². The molecule has 1 N–H and O–H groups in total. The van der Waals surface area contributed by atoms with Gasteiger partial charge in [-0.2, -0.15) is 0 Å². The summed E-state index contributed by atoms with van der Waals surface area (Å²) < 4.78 is 2.31. The first-order valence-electron chi connectivity index (χ1n) is 3.83. The summed E-state index contributed by atoms with van der Waals surface area (Å²) in [5.74, 6) is 0. The third-order valence-corrected chi connectivity index (χ3v) is 2.01. The van der Waals surface area contributed by atoms with Gasteiger partial charge in [0.15, 0.2) is 0 Å². The molecule has 1 heterocycles. The first kappa shape index (κ1) is 8.59. The zero-order valence-electron chi connectivity index (χ0n) is 6.77. The molecular weight excluding hydrogens is 200 g/mol. The lowest BCUT2D eigenvalue weighted by atomic mass is 10.3. The molecule has 0 atom stereocenters. The molecule has 66 valence electrons. The van der Waals surface area contributed by atoms with E-state index in [1.807, 2.05) is 35.1 Å². The van der Waals surface area contributed by atoms with Crippen molar-refractivity contribution >= 4 is 40.1 Å². The maximum Gasteiger partial charge on any atom is 0.149 e. The summed E-state index contributed by atoms with van der Waals surface area (Å²) in [5.41, 5.74) is 4.04. The van der Waals surface area contributed by atoms with Crippen LogP contribution in [-0.2, 0) is 0 Å². The van der Waals surface area contributed by atoms with Gasteiger partial charge in [0.2, 0.25) is 0 Å². The number of para-hydroxylation sites is 1. The highest BCUT2D eigenvalue weighted by Crippen LogP contribution is 2.13. The van der Waals surface area contributed by atoms with Gasteiger partial charge in [-0.15, -0.1) is 12.6 Å². The first-order valence-corrected chi connectivity index (χ1v) is 4.69. The maximum absolute atomic E-state index is 4.84. The molecule has 0 fully saturated rings. The summed E-state index contributed by atoms with van der Waals surface area (Å²) in [6.45, 7) is 0. The van der Waals surface area contributed by atoms with Gasteiger partial charge in [-0.25, -0.2) is 0 Å². The largest absolute Gasteiger partial charge is 0.279 e. The Morgan fingerprint density at radius 3 is 2.85 bits per heavy atom. The van der Waals surface area contributed by atoms with Gasteiger partial charge in [-0.05, 0) is 12.1 Å². The fourth-order valence-electron chi connectivity index (χ4n) is 1.28. The summed E-state index contributed by atoms with van der Waals surface area (Å²) in [4.78, 5) is 0. The molecule has 1 aromatic heterocycles. The van der Waals surface area contributed by atoms with Crippen molar-refractivity contribution in [3.8, 4) is 0 Å². The van der Waals surface area contributed by atoms with Crippen LogP contribution in [0.2, 0.25) is 0 Å². The smallest absolute Gasteiger partial charge is 0.149 e. The van der Waals surface area contributed by atoms with Gasteiger partial charge in [0, 0.05) is 11.6 Å². The summed E-state index contributed by atoms with van der Waals surface area (Å²) >= 11 is 8.85. The predicted octanol–water partition coefficient (Wildman–Crippen LogP) is 2.40. The van der Waals surface area contributed by atoms with E-state index >= 15 is 0 Å². The molecule has 0 aliphatic carbocycles. The Kier molecular flexibility index (Phi) is 2.24. The van der Waals surface area contributed by atoms with Crippen LogP contribution < -0.4 is 5.43 Å². The van der Waals surface area contributed by atoms with E-state index in [-0.39, 0.29) is 0 Å². The summed E-state index contributed by atoms with van der Waals surface area (Å²) in [6.07, 6.45) is 1.92. The zero-order valence-corrected chi connectivity index (χ0v) is 8.48. The summed E-state index contributed by atoms with van der Waals surface area (Å²) in [7, 11) is 0. The van der Waals surface area contributed by atoms with Gasteiger partial charge >= 0.3 is 0 Å². The van der Waals surface area contributed by atoms with Crippen molar-refractivity contribution < 1.29 is 0 Å². The molecule has 0 amide bonds. The van der Waals surface area contributed by atoms with Gasteiger partial charge in [0.05, 0.1) is 5.52 Å². The lowest BCUT2D eigenvalue weighted by Crippen LogP contribution is -2.14. The number of nitrogens with zero attached hydrogens (tertiary/aromatic N) is 1. The molecule has 1 aromatic carbocycles. The highest BCUT2D eigenvalue weighted by molar-refractivity contribution is 8.11. The van der Waals surface area contributed by atoms with E-state index in [9.17, 15) is 0 Å². The SMILES string of the molecule is S=C(S)Nn1ccc2ccccc21. The molecule has 2 nitrogen and oxygen atoms in total. The van der Waals surface area contributed by atoms with Gasteiger partial charge in [-0.1, -0.05) is 30.4 Å². The van der Waals surface area contributed by atoms with Crippen molar-refractivity contribution in [3.05, 3.63) is 36.5 Å². The van der Waals surface area contributed by atoms with E-state index < -0.39 is 0 Å². The van der Waals surface area contributed by atoms with Crippen LogP contribution in [0, 0.1) is 0 Å². The number of benzene rings is 1. The maximum atomic E-state index is 4.84. The van der Waals surface area contributed by atoms with E-state index in [2.05, 4.69) is 24.1 Å². The molecule has 13 heavy (non-hydrogen) atoms. The summed E-state index contributed by atoms with van der Waals surface area (Å²) in [5, 5.41) is 1.18. The minimum atomic E-state index is 0.460. The normalized spacial score (nSPS) is 10.2. The Bertz CT molecular complexity index is 448. The minimum Gasteiger partial charge on any atom is -0.279 e. The first-order chi connectivity index (χ1) is 6.27. The van der Waals surface area contributed by atoms with Gasteiger partial charge in [-0.3, -0.25) is 10.1 Å². The number of thiocarbonyl (C=S) groups is 1. The number of rotatable bonds is 1. The van der Waals surface area contributed by atoms with Crippen LogP contribution in [-0.4, -0.2) is 9.00 Å². The quantitative estimate of drug-likeness (QED) is 0.553. The molecule has 2 aromatic rings. The second-order valence-electron chi connectivity index (χ2n) is 2.66. The van der Waals surface area contributed by atoms with Gasteiger partial charge in [0.1, 0.15) is 4.32 Å². The van der Waals surface area contributed by atoms with Gasteiger partial charge in [0.25, 0.3) is 0 Å². The number of nitrogens with one attached hydrogen (secondary N) is 1. The molecule has 0 saturated carbocycles. The number of fused-ring (bicyclic) bond motifs is 1. The second-order valence-corrected chi connectivity index (χ2v) is 3.82. The molecule has 0 bridgehead atoms. The average Bonchev–Trinajstić information content (AvgIpc) is 2.48. The van der Waals surface area contributed by atoms with Gasteiger partial charge < -0.3 is 0 Å². The lowest BCUT2D eigenvalue weighted by Gasteiger charge is -2.05. The van der Waals surface area contributed by atoms with Crippen molar-refractivity contribution in [2.75, 3.05) is 5.43 Å². The van der Waals surface area contributed by atoms with Crippen LogP contribution in [0.25, 0.3) is 10.9 Å². The third-order valence-electron chi connectivity index (χ3n) is 1.82. The Hall–Kier alpha value is -1.00. The molecule has 0 unspecified atom stereocenters. The fourth-order valence-corrected chi connectivity index (χ4v) is 1.49. The Morgan fingerprint density at radius 1 is 1.31 bits per heavy atom. The molecule has 0 aliphatic heterocycles. The number of hydrogen-bond acceptors (Lipinski definition) is 1. The molecule has 4 heteroatoms.